The van der Waals surface area contributed by atoms with E-state index in [2.05, 4.69) is 20.6 Å². The lowest BCUT2D eigenvalue weighted by Crippen LogP contribution is -2.54. The van der Waals surface area contributed by atoms with Gasteiger partial charge < -0.3 is 21.4 Å². The van der Waals surface area contributed by atoms with E-state index in [-0.39, 0.29) is 16.9 Å². The summed E-state index contributed by atoms with van der Waals surface area (Å²) >= 11 is 6.36. The topological polar surface area (TPSA) is 138 Å². The minimum absolute atomic E-state index is 0.0904. The lowest BCUT2D eigenvalue weighted by atomic mass is 10.1. The van der Waals surface area contributed by atoms with Crippen LogP contribution in [-0.2, 0) is 0 Å². The van der Waals surface area contributed by atoms with Crippen LogP contribution < -0.4 is 26.9 Å². The summed E-state index contributed by atoms with van der Waals surface area (Å²) in [6.45, 7) is 4.75. The Kier molecular flexibility index (Phi) is 5.88. The van der Waals surface area contributed by atoms with E-state index in [1.807, 2.05) is 18.0 Å². The number of fused-ring (bicyclic) bond motifs is 1. The first kappa shape index (κ1) is 20.8. The molecule has 1 atom stereocenters. The van der Waals surface area contributed by atoms with Crippen LogP contribution in [0.15, 0.2) is 29.3 Å². The van der Waals surface area contributed by atoms with Gasteiger partial charge in [-0.15, -0.1) is 0 Å². The molecule has 0 spiro atoms. The number of anilines is 2. The number of nitrogens with zero attached hydrogens (tertiary/aromatic N) is 6. The van der Waals surface area contributed by atoms with Crippen molar-refractivity contribution < 1.29 is 0 Å². The van der Waals surface area contributed by atoms with Crippen molar-refractivity contribution in [2.75, 3.05) is 42.2 Å². The van der Waals surface area contributed by atoms with E-state index < -0.39 is 6.04 Å². The van der Waals surface area contributed by atoms with Gasteiger partial charge in [-0.25, -0.2) is 19.6 Å². The Morgan fingerprint density at radius 1 is 1.35 bits per heavy atom. The molecule has 1 aliphatic heterocycles. The zero-order valence-electron chi connectivity index (χ0n) is 17.0. The summed E-state index contributed by atoms with van der Waals surface area (Å²) in [5, 5.41) is 18.7. The van der Waals surface area contributed by atoms with Crippen molar-refractivity contribution in [3.63, 3.8) is 0 Å². The second-order valence-electron chi connectivity index (χ2n) is 7.12. The maximum atomic E-state index is 13.6. The number of hydrogen-bond donors (Lipinski definition) is 3. The second-order valence-corrected chi connectivity index (χ2v) is 7.53. The van der Waals surface area contributed by atoms with Gasteiger partial charge in [0.15, 0.2) is 5.82 Å². The first-order valence-electron chi connectivity index (χ1n) is 9.99. The molecule has 1 aliphatic rings. The number of nitriles is 1. The van der Waals surface area contributed by atoms with Crippen molar-refractivity contribution in [1.82, 2.24) is 24.9 Å². The van der Waals surface area contributed by atoms with Crippen LogP contribution in [0.2, 0.25) is 5.02 Å². The molecular weight excluding hydrogens is 418 g/mol. The van der Waals surface area contributed by atoms with Gasteiger partial charge in [0.2, 0.25) is 0 Å². The molecule has 4 N–H and O–H groups in total. The van der Waals surface area contributed by atoms with Crippen molar-refractivity contribution in [1.29, 1.82) is 5.26 Å². The average Bonchev–Trinajstić information content (AvgIpc) is 2.78. The van der Waals surface area contributed by atoms with Crippen molar-refractivity contribution in [3.8, 4) is 6.07 Å². The Morgan fingerprint density at radius 2 is 2.13 bits per heavy atom. The summed E-state index contributed by atoms with van der Waals surface area (Å²) in [4.78, 5) is 26.4. The Bertz CT molecular complexity index is 1210. The SMILES string of the molecule is CCC(Nc1ncnc(N)c1C#N)c1nc2cccc(Cl)c2c(=O)n1N1CCNCC1. The van der Waals surface area contributed by atoms with Crippen LogP contribution in [-0.4, -0.2) is 45.8 Å². The Balaban J connectivity index is 1.89. The molecule has 1 saturated heterocycles. The molecule has 2 aromatic heterocycles. The summed E-state index contributed by atoms with van der Waals surface area (Å²) in [6, 6.07) is 6.85. The van der Waals surface area contributed by atoms with E-state index in [0.717, 1.165) is 13.1 Å². The molecule has 0 radical (unpaired) electrons. The van der Waals surface area contributed by atoms with Gasteiger partial charge in [0.05, 0.1) is 22.0 Å². The number of nitrogens with one attached hydrogen (secondary N) is 2. The highest BCUT2D eigenvalue weighted by Crippen LogP contribution is 2.26. The molecular formula is C20H22ClN9O. The zero-order chi connectivity index (χ0) is 22.0. The normalized spacial score (nSPS) is 14.9. The minimum Gasteiger partial charge on any atom is -0.382 e. The molecule has 1 fully saturated rings. The number of hydrogen-bond acceptors (Lipinski definition) is 9. The van der Waals surface area contributed by atoms with Crippen LogP contribution in [0, 0.1) is 11.3 Å². The number of rotatable bonds is 5. The van der Waals surface area contributed by atoms with E-state index in [1.54, 1.807) is 22.9 Å². The third-order valence-corrected chi connectivity index (χ3v) is 5.56. The molecule has 4 rings (SSSR count). The molecule has 11 heteroatoms. The molecule has 160 valence electrons. The Hall–Kier alpha value is -3.42. The van der Waals surface area contributed by atoms with Crippen LogP contribution >= 0.6 is 11.6 Å². The van der Waals surface area contributed by atoms with Crippen molar-refractivity contribution >= 4 is 34.1 Å². The summed E-state index contributed by atoms with van der Waals surface area (Å²) in [5.74, 6) is 0.909. The summed E-state index contributed by atoms with van der Waals surface area (Å²) < 4.78 is 1.60. The van der Waals surface area contributed by atoms with E-state index in [9.17, 15) is 10.1 Å². The lowest BCUT2D eigenvalue weighted by Gasteiger charge is -2.34. The number of halogens is 1. The highest BCUT2D eigenvalue weighted by Gasteiger charge is 2.25. The van der Waals surface area contributed by atoms with E-state index >= 15 is 0 Å². The fourth-order valence-electron chi connectivity index (χ4n) is 3.68. The van der Waals surface area contributed by atoms with Gasteiger partial charge in [-0.05, 0) is 18.6 Å². The van der Waals surface area contributed by atoms with Crippen molar-refractivity contribution in [2.24, 2.45) is 0 Å². The van der Waals surface area contributed by atoms with Gasteiger partial charge in [-0.3, -0.25) is 4.79 Å². The number of benzene rings is 1. The van der Waals surface area contributed by atoms with Gasteiger partial charge in [-0.1, -0.05) is 24.6 Å². The van der Waals surface area contributed by atoms with E-state index in [1.165, 1.54) is 6.33 Å². The van der Waals surface area contributed by atoms with E-state index in [4.69, 9.17) is 22.3 Å². The highest BCUT2D eigenvalue weighted by atomic mass is 35.5. The van der Waals surface area contributed by atoms with Gasteiger partial charge in [0.1, 0.15) is 29.6 Å². The fraction of sp³-hybridized carbons (Fsp3) is 0.350. The highest BCUT2D eigenvalue weighted by molar-refractivity contribution is 6.35. The monoisotopic (exact) mass is 439 g/mol. The summed E-state index contributed by atoms with van der Waals surface area (Å²) in [6.07, 6.45) is 1.88. The Labute approximate surface area is 183 Å². The van der Waals surface area contributed by atoms with Gasteiger partial charge in [-0.2, -0.15) is 5.26 Å². The first-order valence-corrected chi connectivity index (χ1v) is 10.4. The van der Waals surface area contributed by atoms with Gasteiger partial charge in [0.25, 0.3) is 5.56 Å². The summed E-state index contributed by atoms with van der Waals surface area (Å²) in [7, 11) is 0. The molecule has 3 heterocycles. The lowest BCUT2D eigenvalue weighted by molar-refractivity contribution is 0.455. The van der Waals surface area contributed by atoms with Gasteiger partial charge >= 0.3 is 0 Å². The molecule has 1 unspecified atom stereocenters. The van der Waals surface area contributed by atoms with Crippen LogP contribution in [0.5, 0.6) is 0 Å². The first-order chi connectivity index (χ1) is 15.0. The molecule has 0 saturated carbocycles. The predicted molar refractivity (Wildman–Crippen MR) is 120 cm³/mol. The van der Waals surface area contributed by atoms with E-state index in [0.29, 0.717) is 47.1 Å². The molecule has 1 aromatic carbocycles. The van der Waals surface area contributed by atoms with Gasteiger partial charge in [0, 0.05) is 26.2 Å². The van der Waals surface area contributed by atoms with Crippen molar-refractivity contribution in [3.05, 3.63) is 51.3 Å². The quantitative estimate of drug-likeness (QED) is 0.538. The largest absolute Gasteiger partial charge is 0.382 e. The number of nitrogens with two attached hydrogens (primary N) is 1. The standard InChI is InChI=1S/C20H22ClN9O/c1-2-14(27-18-12(10-22)17(23)25-11-26-18)19-28-15-5-3-4-13(21)16(15)20(31)30(19)29-8-6-24-7-9-29/h3-5,11,14,24H,2,6-9H2,1H3,(H3,23,25,26,27). The van der Waals surface area contributed by atoms with Crippen LogP contribution in [0.3, 0.4) is 0 Å². The van der Waals surface area contributed by atoms with Crippen LogP contribution in [0.4, 0.5) is 11.6 Å². The minimum atomic E-state index is -0.410. The summed E-state index contributed by atoms with van der Waals surface area (Å²) in [5.41, 5.74) is 6.28. The zero-order valence-corrected chi connectivity index (χ0v) is 17.7. The predicted octanol–water partition coefficient (Wildman–Crippen LogP) is 1.40. The van der Waals surface area contributed by atoms with Crippen molar-refractivity contribution in [2.45, 2.75) is 19.4 Å². The number of nitrogen functional groups attached to an aromatic ring is 1. The molecule has 0 aliphatic carbocycles. The Morgan fingerprint density at radius 3 is 2.84 bits per heavy atom. The molecule has 31 heavy (non-hydrogen) atoms. The maximum Gasteiger partial charge on any atom is 0.281 e. The fourth-order valence-corrected chi connectivity index (χ4v) is 3.93. The molecule has 3 aromatic rings. The molecule has 0 amide bonds. The van der Waals surface area contributed by atoms with Crippen LogP contribution in [0.25, 0.3) is 10.9 Å². The number of aromatic nitrogens is 4. The smallest absolute Gasteiger partial charge is 0.281 e. The maximum absolute atomic E-state index is 13.6. The third-order valence-electron chi connectivity index (χ3n) is 5.25. The third kappa shape index (κ3) is 3.85. The molecule has 10 nitrogen and oxygen atoms in total. The average molecular weight is 440 g/mol. The number of piperazine rings is 1. The molecule has 0 bridgehead atoms. The van der Waals surface area contributed by atoms with Crippen LogP contribution in [0.1, 0.15) is 30.8 Å². The second kappa shape index (κ2) is 8.75.